The predicted molar refractivity (Wildman–Crippen MR) is 66.9 cm³/mol. The number of alkyl halides is 2. The number of halogens is 2. The molecule has 1 aromatic rings. The molecule has 0 bridgehead atoms. The molecule has 0 amide bonds. The van der Waals surface area contributed by atoms with Gasteiger partial charge in [-0.1, -0.05) is 17.7 Å². The Morgan fingerprint density at radius 2 is 1.89 bits per heavy atom. The molecule has 0 aliphatic heterocycles. The van der Waals surface area contributed by atoms with E-state index in [9.17, 15) is 13.9 Å². The molecule has 100 valence electrons. The number of rotatable bonds is 5. The quantitative estimate of drug-likeness (QED) is 0.817. The van der Waals surface area contributed by atoms with Crippen LogP contribution < -0.4 is 4.74 Å². The summed E-state index contributed by atoms with van der Waals surface area (Å²) in [5.41, 5.74) is -0.808. The van der Waals surface area contributed by atoms with E-state index in [0.29, 0.717) is 12.4 Å². The van der Waals surface area contributed by atoms with E-state index in [-0.39, 0.29) is 5.56 Å². The third-order valence-electron chi connectivity index (χ3n) is 2.61. The van der Waals surface area contributed by atoms with Gasteiger partial charge in [-0.05, 0) is 44.5 Å². The van der Waals surface area contributed by atoms with Gasteiger partial charge in [-0.15, -0.1) is 0 Å². The molecule has 1 aromatic carbocycles. The molecule has 0 aliphatic carbocycles. The van der Waals surface area contributed by atoms with Crippen molar-refractivity contribution in [2.24, 2.45) is 0 Å². The van der Waals surface area contributed by atoms with Crippen LogP contribution in [0.2, 0.25) is 0 Å². The highest BCUT2D eigenvalue weighted by Gasteiger charge is 2.34. The molecule has 0 heterocycles. The van der Waals surface area contributed by atoms with Gasteiger partial charge in [0.05, 0.1) is 0 Å². The van der Waals surface area contributed by atoms with Gasteiger partial charge >= 0.3 is 0 Å². The van der Waals surface area contributed by atoms with Crippen LogP contribution in [0.1, 0.15) is 26.3 Å². The summed E-state index contributed by atoms with van der Waals surface area (Å²) in [6.07, 6.45) is -0.904. The van der Waals surface area contributed by atoms with Crippen LogP contribution in [0.25, 0.3) is 0 Å². The van der Waals surface area contributed by atoms with E-state index < -0.39 is 12.0 Å². The summed E-state index contributed by atoms with van der Waals surface area (Å²) in [7, 11) is 0. The molecule has 0 fully saturated rings. The Morgan fingerprint density at radius 1 is 1.33 bits per heavy atom. The first-order valence-electron chi connectivity index (χ1n) is 5.71. The van der Waals surface area contributed by atoms with Crippen LogP contribution in [-0.2, 0) is 5.60 Å². The Morgan fingerprint density at radius 3 is 2.33 bits per heavy atom. The fourth-order valence-corrected chi connectivity index (χ4v) is 1.32. The first kappa shape index (κ1) is 14.6. The summed E-state index contributed by atoms with van der Waals surface area (Å²) in [6, 6.07) is 6.05. The summed E-state index contributed by atoms with van der Waals surface area (Å²) >= 11 is 0. The average Bonchev–Trinajstić information content (AvgIpc) is 2.29. The highest BCUT2D eigenvalue weighted by molar-refractivity contribution is 5.31. The molecule has 0 spiro atoms. The highest BCUT2D eigenvalue weighted by Crippen LogP contribution is 2.28. The number of hydrogen-bond donors (Lipinski definition) is 1. The van der Waals surface area contributed by atoms with Crippen molar-refractivity contribution in [2.45, 2.75) is 32.8 Å². The minimum Gasteiger partial charge on any atom is -0.490 e. The molecule has 0 saturated heterocycles. The van der Waals surface area contributed by atoms with Crippen LogP contribution >= 0.6 is 0 Å². The van der Waals surface area contributed by atoms with Gasteiger partial charge in [0.15, 0.2) is 0 Å². The molecule has 0 saturated carbocycles. The van der Waals surface area contributed by atoms with Gasteiger partial charge in [0.1, 0.15) is 18.0 Å². The van der Waals surface area contributed by atoms with Gasteiger partial charge in [0.25, 0.3) is 6.43 Å². The average molecular weight is 256 g/mol. The number of allylic oxidation sites excluding steroid dienone is 1. The van der Waals surface area contributed by atoms with Crippen molar-refractivity contribution in [1.29, 1.82) is 0 Å². The molecule has 4 heteroatoms. The topological polar surface area (TPSA) is 29.5 Å². The summed E-state index contributed by atoms with van der Waals surface area (Å²) in [5.74, 6) is 0.585. The van der Waals surface area contributed by atoms with Gasteiger partial charge in [-0.25, -0.2) is 8.78 Å². The Hall–Kier alpha value is -1.42. The van der Waals surface area contributed by atoms with E-state index in [1.54, 1.807) is 12.1 Å². The standard InChI is InChI=1S/C14H18F2O2/c1-10(2)8-9-18-12-6-4-11(5-7-12)14(3,17)13(15)16/h4-8,13,17H,9H2,1-3H3. The van der Waals surface area contributed by atoms with Gasteiger partial charge < -0.3 is 9.84 Å². The first-order valence-corrected chi connectivity index (χ1v) is 5.71. The van der Waals surface area contributed by atoms with E-state index in [0.717, 1.165) is 12.5 Å². The molecule has 1 N–H and O–H groups in total. The zero-order valence-corrected chi connectivity index (χ0v) is 10.8. The molecule has 1 atom stereocenters. The smallest absolute Gasteiger partial charge is 0.270 e. The number of hydrogen-bond acceptors (Lipinski definition) is 2. The second-order valence-corrected chi connectivity index (χ2v) is 4.57. The van der Waals surface area contributed by atoms with Crippen LogP contribution in [0.15, 0.2) is 35.9 Å². The molecule has 0 radical (unpaired) electrons. The molecular formula is C14H18F2O2. The summed E-state index contributed by atoms with van der Waals surface area (Å²) < 4.78 is 30.6. The lowest BCUT2D eigenvalue weighted by Crippen LogP contribution is -2.30. The van der Waals surface area contributed by atoms with Crippen molar-refractivity contribution in [3.05, 3.63) is 41.5 Å². The van der Waals surface area contributed by atoms with Gasteiger partial charge in [-0.2, -0.15) is 0 Å². The zero-order valence-electron chi connectivity index (χ0n) is 10.8. The predicted octanol–water partition coefficient (Wildman–Crippen LogP) is 3.50. The van der Waals surface area contributed by atoms with E-state index in [4.69, 9.17) is 4.74 Å². The van der Waals surface area contributed by atoms with E-state index >= 15 is 0 Å². The number of benzene rings is 1. The number of aliphatic hydroxyl groups is 1. The largest absolute Gasteiger partial charge is 0.490 e. The Kier molecular flexibility index (Phi) is 4.84. The van der Waals surface area contributed by atoms with Crippen LogP contribution in [0.5, 0.6) is 5.75 Å². The maximum atomic E-state index is 12.6. The second kappa shape index (κ2) is 5.96. The third-order valence-corrected chi connectivity index (χ3v) is 2.61. The molecule has 0 aromatic heterocycles. The maximum Gasteiger partial charge on any atom is 0.270 e. The fourth-order valence-electron chi connectivity index (χ4n) is 1.32. The highest BCUT2D eigenvalue weighted by atomic mass is 19.3. The van der Waals surface area contributed by atoms with Crippen molar-refractivity contribution in [2.75, 3.05) is 6.61 Å². The molecule has 2 nitrogen and oxygen atoms in total. The number of ether oxygens (including phenoxy) is 1. The normalized spacial score (nSPS) is 14.2. The SMILES string of the molecule is CC(C)=CCOc1ccc(C(C)(O)C(F)F)cc1. The Bertz CT molecular complexity index is 404. The van der Waals surface area contributed by atoms with Crippen LogP contribution in [0.4, 0.5) is 8.78 Å². The van der Waals surface area contributed by atoms with Crippen molar-refractivity contribution >= 4 is 0 Å². The molecule has 0 aliphatic rings. The Balaban J connectivity index is 2.71. The van der Waals surface area contributed by atoms with Crippen LogP contribution in [0, 0.1) is 0 Å². The Labute approximate surface area is 106 Å². The first-order chi connectivity index (χ1) is 8.34. The lowest BCUT2D eigenvalue weighted by atomic mass is 9.97. The minimum atomic E-state index is -2.82. The van der Waals surface area contributed by atoms with Crippen molar-refractivity contribution in [3.63, 3.8) is 0 Å². The summed E-state index contributed by atoms with van der Waals surface area (Å²) in [5, 5.41) is 9.60. The maximum absolute atomic E-state index is 12.6. The lowest BCUT2D eigenvalue weighted by Gasteiger charge is -2.22. The van der Waals surface area contributed by atoms with E-state index in [1.807, 2.05) is 19.9 Å². The van der Waals surface area contributed by atoms with Crippen LogP contribution in [-0.4, -0.2) is 18.1 Å². The monoisotopic (exact) mass is 256 g/mol. The zero-order chi connectivity index (χ0) is 13.8. The summed E-state index contributed by atoms with van der Waals surface area (Å²) in [6.45, 7) is 5.46. The van der Waals surface area contributed by atoms with E-state index in [1.165, 1.54) is 12.1 Å². The third kappa shape index (κ3) is 3.81. The second-order valence-electron chi connectivity index (χ2n) is 4.57. The van der Waals surface area contributed by atoms with Gasteiger partial charge in [0, 0.05) is 0 Å². The van der Waals surface area contributed by atoms with Crippen molar-refractivity contribution in [1.82, 2.24) is 0 Å². The minimum absolute atomic E-state index is 0.173. The summed E-state index contributed by atoms with van der Waals surface area (Å²) in [4.78, 5) is 0. The van der Waals surface area contributed by atoms with Crippen molar-refractivity contribution < 1.29 is 18.6 Å². The van der Waals surface area contributed by atoms with Crippen molar-refractivity contribution in [3.8, 4) is 5.75 Å². The molecule has 1 unspecified atom stereocenters. The fraction of sp³-hybridized carbons (Fsp3) is 0.429. The molecular weight excluding hydrogens is 238 g/mol. The lowest BCUT2D eigenvalue weighted by molar-refractivity contribution is -0.0883. The van der Waals surface area contributed by atoms with Crippen LogP contribution in [0.3, 0.4) is 0 Å². The van der Waals surface area contributed by atoms with Gasteiger partial charge in [-0.3, -0.25) is 0 Å². The molecule has 1 rings (SSSR count). The van der Waals surface area contributed by atoms with Gasteiger partial charge in [0.2, 0.25) is 0 Å². The molecule has 18 heavy (non-hydrogen) atoms. The van der Waals surface area contributed by atoms with E-state index in [2.05, 4.69) is 0 Å².